The second-order valence-electron chi connectivity index (χ2n) is 5.81. The van der Waals surface area contributed by atoms with Gasteiger partial charge in [-0.2, -0.15) is 0 Å². The van der Waals surface area contributed by atoms with Gasteiger partial charge >= 0.3 is 5.97 Å². The summed E-state index contributed by atoms with van der Waals surface area (Å²) in [5.41, 5.74) is 0.610. The third-order valence-electron chi connectivity index (χ3n) is 4.13. The summed E-state index contributed by atoms with van der Waals surface area (Å²) in [6.45, 7) is 0. The van der Waals surface area contributed by atoms with E-state index in [4.69, 9.17) is 0 Å². The van der Waals surface area contributed by atoms with Crippen LogP contribution in [0.25, 0.3) is 0 Å². The van der Waals surface area contributed by atoms with Crippen LogP contribution in [0.1, 0.15) is 56.6 Å². The quantitative estimate of drug-likeness (QED) is 0.817. The van der Waals surface area contributed by atoms with Crippen LogP contribution in [0.5, 0.6) is 0 Å². The van der Waals surface area contributed by atoms with Crippen molar-refractivity contribution in [1.29, 1.82) is 0 Å². The molecule has 21 heavy (non-hydrogen) atoms. The maximum Gasteiger partial charge on any atom is 0.330 e. The number of benzene rings is 1. The molecule has 0 aromatic heterocycles. The monoisotopic (exact) mass is 289 g/mol. The van der Waals surface area contributed by atoms with E-state index in [1.165, 1.54) is 25.7 Å². The molecule has 1 atom stereocenters. The predicted molar refractivity (Wildman–Crippen MR) is 80.8 cm³/mol. The summed E-state index contributed by atoms with van der Waals surface area (Å²) in [6, 6.07) is 7.89. The Bertz CT molecular complexity index is 464. The Labute approximate surface area is 125 Å². The second-order valence-corrected chi connectivity index (χ2v) is 5.81. The van der Waals surface area contributed by atoms with Gasteiger partial charge in [-0.25, -0.2) is 4.79 Å². The highest BCUT2D eigenvalue weighted by atomic mass is 16.4. The lowest BCUT2D eigenvalue weighted by Gasteiger charge is -2.18. The number of amides is 1. The summed E-state index contributed by atoms with van der Waals surface area (Å²) in [7, 11) is 0. The summed E-state index contributed by atoms with van der Waals surface area (Å²) < 4.78 is 0. The zero-order valence-corrected chi connectivity index (χ0v) is 12.3. The molecule has 4 heteroatoms. The van der Waals surface area contributed by atoms with E-state index < -0.39 is 12.0 Å². The fourth-order valence-electron chi connectivity index (χ4n) is 2.98. The molecule has 4 nitrogen and oxygen atoms in total. The standard InChI is InChI=1S/C17H23NO3/c19-15(12-13-8-4-1-2-5-9-13)18-16(17(20)21)14-10-6-3-7-11-14/h3,6-7,10-11,13,16H,1-2,4-5,8-9,12H2,(H,18,19)(H,20,21). The van der Waals surface area contributed by atoms with Gasteiger partial charge in [0.1, 0.15) is 0 Å². The first kappa shape index (κ1) is 15.5. The van der Waals surface area contributed by atoms with Gasteiger partial charge in [-0.05, 0) is 24.3 Å². The molecule has 1 aliphatic rings. The van der Waals surface area contributed by atoms with Crippen molar-refractivity contribution in [2.45, 2.75) is 51.0 Å². The molecule has 0 saturated heterocycles. The van der Waals surface area contributed by atoms with Crippen molar-refractivity contribution in [3.63, 3.8) is 0 Å². The van der Waals surface area contributed by atoms with Crippen molar-refractivity contribution in [3.8, 4) is 0 Å². The molecule has 0 heterocycles. The predicted octanol–water partition coefficient (Wildman–Crippen LogP) is 3.29. The van der Waals surface area contributed by atoms with Gasteiger partial charge in [-0.3, -0.25) is 4.79 Å². The van der Waals surface area contributed by atoms with Gasteiger partial charge in [-0.15, -0.1) is 0 Å². The molecule has 2 N–H and O–H groups in total. The number of aliphatic carboxylic acids is 1. The zero-order chi connectivity index (χ0) is 15.1. The van der Waals surface area contributed by atoms with Crippen molar-refractivity contribution in [2.75, 3.05) is 0 Å². The van der Waals surface area contributed by atoms with E-state index in [9.17, 15) is 14.7 Å². The number of carboxylic acids is 1. The Kier molecular flexibility index (Phi) is 5.78. The zero-order valence-electron chi connectivity index (χ0n) is 12.3. The summed E-state index contributed by atoms with van der Waals surface area (Å²) in [6.07, 6.45) is 7.46. The van der Waals surface area contributed by atoms with Crippen LogP contribution in [-0.2, 0) is 9.59 Å². The molecule has 1 aromatic carbocycles. The number of hydrogen-bond donors (Lipinski definition) is 2. The molecule has 114 valence electrons. The van der Waals surface area contributed by atoms with Crippen LogP contribution in [0, 0.1) is 5.92 Å². The molecule has 0 aliphatic heterocycles. The lowest BCUT2D eigenvalue weighted by molar-refractivity contribution is -0.142. The number of carbonyl (C=O) groups is 2. The lowest BCUT2D eigenvalue weighted by atomic mass is 9.96. The van der Waals surface area contributed by atoms with Crippen LogP contribution >= 0.6 is 0 Å². The molecule has 2 rings (SSSR count). The minimum absolute atomic E-state index is 0.154. The van der Waals surface area contributed by atoms with Gasteiger partial charge in [0.15, 0.2) is 6.04 Å². The first-order valence-corrected chi connectivity index (χ1v) is 7.74. The number of rotatable bonds is 5. The van der Waals surface area contributed by atoms with Crippen LogP contribution in [0.15, 0.2) is 30.3 Å². The normalized spacial score (nSPS) is 17.7. The maximum absolute atomic E-state index is 12.1. The van der Waals surface area contributed by atoms with Crippen molar-refractivity contribution in [2.24, 2.45) is 5.92 Å². The van der Waals surface area contributed by atoms with Crippen LogP contribution in [0.2, 0.25) is 0 Å². The molecule has 1 saturated carbocycles. The van der Waals surface area contributed by atoms with E-state index in [0.29, 0.717) is 17.9 Å². The fraction of sp³-hybridized carbons (Fsp3) is 0.529. The van der Waals surface area contributed by atoms with E-state index in [-0.39, 0.29) is 5.91 Å². The molecular formula is C17H23NO3. The van der Waals surface area contributed by atoms with E-state index in [0.717, 1.165) is 12.8 Å². The number of nitrogens with one attached hydrogen (secondary N) is 1. The van der Waals surface area contributed by atoms with Crippen molar-refractivity contribution in [1.82, 2.24) is 5.32 Å². The fourth-order valence-corrected chi connectivity index (χ4v) is 2.98. The highest BCUT2D eigenvalue weighted by molar-refractivity contribution is 5.84. The average Bonchev–Trinajstić information content (AvgIpc) is 2.74. The second kappa shape index (κ2) is 7.81. The van der Waals surface area contributed by atoms with E-state index in [1.54, 1.807) is 24.3 Å². The number of hydrogen-bond acceptors (Lipinski definition) is 2. The Morgan fingerprint density at radius 3 is 2.29 bits per heavy atom. The Hall–Kier alpha value is -1.84. The number of carbonyl (C=O) groups excluding carboxylic acids is 1. The third kappa shape index (κ3) is 4.88. The summed E-state index contributed by atoms with van der Waals surface area (Å²) in [5.74, 6) is -0.772. The van der Waals surface area contributed by atoms with Crippen LogP contribution in [0.4, 0.5) is 0 Å². The van der Waals surface area contributed by atoms with Crippen LogP contribution in [-0.4, -0.2) is 17.0 Å². The molecular weight excluding hydrogens is 266 g/mol. The van der Waals surface area contributed by atoms with E-state index in [2.05, 4.69) is 5.32 Å². The van der Waals surface area contributed by atoms with Gasteiger partial charge in [0.2, 0.25) is 5.91 Å². The average molecular weight is 289 g/mol. The first-order valence-electron chi connectivity index (χ1n) is 7.74. The van der Waals surface area contributed by atoms with Gasteiger partial charge in [-0.1, -0.05) is 56.0 Å². The summed E-state index contributed by atoms with van der Waals surface area (Å²) >= 11 is 0. The van der Waals surface area contributed by atoms with Gasteiger partial charge in [0.25, 0.3) is 0 Å². The summed E-state index contributed by atoms with van der Waals surface area (Å²) in [4.78, 5) is 23.5. The Morgan fingerprint density at radius 1 is 1.10 bits per heavy atom. The van der Waals surface area contributed by atoms with Crippen molar-refractivity contribution in [3.05, 3.63) is 35.9 Å². The first-order chi connectivity index (χ1) is 10.2. The smallest absolute Gasteiger partial charge is 0.330 e. The molecule has 1 unspecified atom stereocenters. The third-order valence-corrected chi connectivity index (χ3v) is 4.13. The molecule has 0 bridgehead atoms. The van der Waals surface area contributed by atoms with Crippen LogP contribution < -0.4 is 5.32 Å². The lowest BCUT2D eigenvalue weighted by Crippen LogP contribution is -2.34. The number of carboxylic acid groups (broad SMARTS) is 1. The highest BCUT2D eigenvalue weighted by Crippen LogP contribution is 2.25. The van der Waals surface area contributed by atoms with E-state index >= 15 is 0 Å². The Morgan fingerprint density at radius 2 is 1.71 bits per heavy atom. The highest BCUT2D eigenvalue weighted by Gasteiger charge is 2.23. The summed E-state index contributed by atoms with van der Waals surface area (Å²) in [5, 5.41) is 12.0. The van der Waals surface area contributed by atoms with Crippen LogP contribution in [0.3, 0.4) is 0 Å². The largest absolute Gasteiger partial charge is 0.479 e. The Balaban J connectivity index is 1.94. The maximum atomic E-state index is 12.1. The van der Waals surface area contributed by atoms with Gasteiger partial charge in [0, 0.05) is 6.42 Å². The molecule has 0 radical (unpaired) electrons. The minimum Gasteiger partial charge on any atom is -0.479 e. The molecule has 0 spiro atoms. The minimum atomic E-state index is -1.02. The van der Waals surface area contributed by atoms with Gasteiger partial charge in [0.05, 0.1) is 0 Å². The topological polar surface area (TPSA) is 66.4 Å². The molecule has 1 fully saturated rings. The molecule has 1 aromatic rings. The SMILES string of the molecule is O=C(CC1CCCCCC1)NC(C(=O)O)c1ccccc1. The molecule has 1 aliphatic carbocycles. The van der Waals surface area contributed by atoms with Gasteiger partial charge < -0.3 is 10.4 Å². The van der Waals surface area contributed by atoms with Crippen molar-refractivity contribution < 1.29 is 14.7 Å². The van der Waals surface area contributed by atoms with Crippen molar-refractivity contribution >= 4 is 11.9 Å². The van der Waals surface area contributed by atoms with E-state index in [1.807, 2.05) is 6.07 Å². The molecule has 1 amide bonds.